The Labute approximate surface area is 121 Å². The summed E-state index contributed by atoms with van der Waals surface area (Å²) < 4.78 is 0. The molecule has 0 aromatic heterocycles. The highest BCUT2D eigenvalue weighted by Gasteiger charge is 2.32. The first kappa shape index (κ1) is 17.0. The monoisotopic (exact) mass is 284 g/mol. The molecular weight excluding hydrogens is 256 g/mol. The van der Waals surface area contributed by atoms with E-state index in [1.807, 2.05) is 25.7 Å². The number of nitrogens with one attached hydrogen (secondary N) is 1. The van der Waals surface area contributed by atoms with Crippen molar-refractivity contribution in [2.75, 3.05) is 19.6 Å². The zero-order valence-corrected chi connectivity index (χ0v) is 13.3. The highest BCUT2D eigenvalue weighted by molar-refractivity contribution is 5.81. The number of rotatable bonds is 4. The Morgan fingerprint density at radius 1 is 1.30 bits per heavy atom. The lowest BCUT2D eigenvalue weighted by Gasteiger charge is -2.39. The molecule has 0 bridgehead atoms. The van der Waals surface area contributed by atoms with Gasteiger partial charge in [-0.3, -0.25) is 14.5 Å². The number of likely N-dealkylation sites (tertiary alicyclic amines) is 1. The van der Waals surface area contributed by atoms with E-state index in [0.717, 1.165) is 13.0 Å². The number of carboxylic acids is 1. The van der Waals surface area contributed by atoms with E-state index in [0.29, 0.717) is 18.4 Å². The molecule has 1 fully saturated rings. The van der Waals surface area contributed by atoms with Crippen molar-refractivity contribution in [2.24, 2.45) is 17.3 Å². The smallest absolute Gasteiger partial charge is 0.317 e. The number of aliphatic carboxylic acids is 1. The summed E-state index contributed by atoms with van der Waals surface area (Å²) in [5.41, 5.74) is -0.414. The Morgan fingerprint density at radius 3 is 2.35 bits per heavy atom. The fourth-order valence-electron chi connectivity index (χ4n) is 2.54. The molecule has 20 heavy (non-hydrogen) atoms. The first-order chi connectivity index (χ1) is 9.09. The average Bonchev–Trinajstić information content (AvgIpc) is 2.26. The van der Waals surface area contributed by atoms with Crippen LogP contribution in [0.1, 0.15) is 41.0 Å². The van der Waals surface area contributed by atoms with E-state index < -0.39 is 11.4 Å². The van der Waals surface area contributed by atoms with Crippen LogP contribution in [0, 0.1) is 17.3 Å². The van der Waals surface area contributed by atoms with Crippen LogP contribution in [-0.4, -0.2) is 47.6 Å². The lowest BCUT2D eigenvalue weighted by Crippen LogP contribution is -2.54. The molecule has 2 N–H and O–H groups in total. The minimum Gasteiger partial charge on any atom is -0.480 e. The van der Waals surface area contributed by atoms with Gasteiger partial charge in [0.05, 0.1) is 6.54 Å². The molecule has 1 heterocycles. The van der Waals surface area contributed by atoms with E-state index in [9.17, 15) is 9.59 Å². The second-order valence-corrected chi connectivity index (χ2v) is 7.25. The van der Waals surface area contributed by atoms with Crippen molar-refractivity contribution in [3.63, 3.8) is 0 Å². The molecule has 1 amide bonds. The maximum Gasteiger partial charge on any atom is 0.317 e. The van der Waals surface area contributed by atoms with Gasteiger partial charge in [0.1, 0.15) is 0 Å². The number of hydrogen-bond acceptors (Lipinski definition) is 3. The molecule has 1 rings (SSSR count). The quantitative estimate of drug-likeness (QED) is 0.822. The van der Waals surface area contributed by atoms with Crippen LogP contribution in [0.3, 0.4) is 0 Å². The molecule has 1 saturated heterocycles. The maximum absolute atomic E-state index is 12.1. The summed E-state index contributed by atoms with van der Waals surface area (Å²) >= 11 is 0. The van der Waals surface area contributed by atoms with E-state index >= 15 is 0 Å². The molecule has 0 saturated carbocycles. The van der Waals surface area contributed by atoms with E-state index in [-0.39, 0.29) is 18.5 Å². The minimum atomic E-state index is -0.810. The fourth-order valence-corrected chi connectivity index (χ4v) is 2.54. The highest BCUT2D eigenvalue weighted by Crippen LogP contribution is 2.24. The molecule has 0 spiro atoms. The van der Waals surface area contributed by atoms with Crippen LogP contribution < -0.4 is 5.32 Å². The van der Waals surface area contributed by atoms with Gasteiger partial charge in [-0.2, -0.15) is 0 Å². The summed E-state index contributed by atoms with van der Waals surface area (Å²) in [6.07, 6.45) is 0.926. The number of carboxylic acid groups (broad SMARTS) is 1. The van der Waals surface area contributed by atoms with Gasteiger partial charge in [0.2, 0.25) is 5.91 Å². The molecule has 1 aliphatic heterocycles. The maximum atomic E-state index is 12.1. The summed E-state index contributed by atoms with van der Waals surface area (Å²) in [6.45, 7) is 11.4. The topological polar surface area (TPSA) is 69.6 Å². The van der Waals surface area contributed by atoms with Gasteiger partial charge in [-0.1, -0.05) is 34.6 Å². The van der Waals surface area contributed by atoms with Gasteiger partial charge in [0.25, 0.3) is 0 Å². The largest absolute Gasteiger partial charge is 0.480 e. The van der Waals surface area contributed by atoms with Crippen molar-refractivity contribution >= 4 is 11.9 Å². The molecule has 5 heteroatoms. The molecule has 0 aromatic carbocycles. The van der Waals surface area contributed by atoms with E-state index in [4.69, 9.17) is 5.11 Å². The molecular formula is C15H28N2O3. The van der Waals surface area contributed by atoms with Gasteiger partial charge in [0.15, 0.2) is 0 Å². The number of carbonyl (C=O) groups is 2. The third kappa shape index (κ3) is 5.12. The normalized spacial score (nSPS) is 24.7. The van der Waals surface area contributed by atoms with E-state index in [2.05, 4.69) is 19.2 Å². The average molecular weight is 284 g/mol. The number of hydrogen-bond donors (Lipinski definition) is 2. The first-order valence-corrected chi connectivity index (χ1v) is 7.34. The minimum absolute atomic E-state index is 0.0298. The predicted octanol–water partition coefficient (Wildman–Crippen LogP) is 1.58. The summed E-state index contributed by atoms with van der Waals surface area (Å²) in [4.78, 5) is 24.9. The third-order valence-corrected chi connectivity index (χ3v) is 3.88. The standard InChI is InChI=1S/C15H28N2O3/c1-10(2)11-6-12(16-14(20)15(3,4)5)8-17(7-11)9-13(18)19/h10-12H,6-9H2,1-5H3,(H,16,20)(H,18,19). The second-order valence-electron chi connectivity index (χ2n) is 7.25. The molecule has 5 nitrogen and oxygen atoms in total. The number of nitrogens with zero attached hydrogens (tertiary/aromatic N) is 1. The van der Waals surface area contributed by atoms with Gasteiger partial charge in [-0.15, -0.1) is 0 Å². The van der Waals surface area contributed by atoms with Crippen LogP contribution in [0.4, 0.5) is 0 Å². The Hall–Kier alpha value is -1.10. The number of carbonyl (C=O) groups excluding carboxylic acids is 1. The van der Waals surface area contributed by atoms with Gasteiger partial charge in [-0.05, 0) is 18.3 Å². The summed E-state index contributed by atoms with van der Waals surface area (Å²) in [7, 11) is 0. The second kappa shape index (κ2) is 6.57. The van der Waals surface area contributed by atoms with Gasteiger partial charge in [0, 0.05) is 24.5 Å². The van der Waals surface area contributed by atoms with E-state index in [1.54, 1.807) is 0 Å². The Balaban J connectivity index is 2.69. The van der Waals surface area contributed by atoms with E-state index in [1.165, 1.54) is 0 Å². The zero-order chi connectivity index (χ0) is 15.5. The van der Waals surface area contributed by atoms with Gasteiger partial charge < -0.3 is 10.4 Å². The molecule has 0 radical (unpaired) electrons. The summed E-state index contributed by atoms with van der Waals surface area (Å²) in [6, 6.07) is 0.0437. The Kier molecular flexibility index (Phi) is 5.57. The van der Waals surface area contributed by atoms with Crippen molar-refractivity contribution in [1.29, 1.82) is 0 Å². The van der Waals surface area contributed by atoms with Crippen molar-refractivity contribution in [2.45, 2.75) is 47.1 Å². The Morgan fingerprint density at radius 2 is 1.90 bits per heavy atom. The molecule has 2 atom stereocenters. The van der Waals surface area contributed by atoms with Crippen LogP contribution in [0.25, 0.3) is 0 Å². The van der Waals surface area contributed by atoms with Crippen molar-refractivity contribution in [3.05, 3.63) is 0 Å². The summed E-state index contributed by atoms with van der Waals surface area (Å²) in [5.74, 6) is 0.131. The van der Waals surface area contributed by atoms with Gasteiger partial charge in [-0.25, -0.2) is 0 Å². The lowest BCUT2D eigenvalue weighted by atomic mass is 9.85. The van der Waals surface area contributed by atoms with Crippen LogP contribution >= 0.6 is 0 Å². The number of piperidine rings is 1. The van der Waals surface area contributed by atoms with Crippen LogP contribution in [0.2, 0.25) is 0 Å². The molecule has 2 unspecified atom stereocenters. The van der Waals surface area contributed by atoms with Crippen LogP contribution in [0.15, 0.2) is 0 Å². The molecule has 116 valence electrons. The SMILES string of the molecule is CC(C)C1CC(NC(=O)C(C)(C)C)CN(CC(=O)O)C1. The van der Waals surface area contributed by atoms with Gasteiger partial charge >= 0.3 is 5.97 Å². The number of amides is 1. The highest BCUT2D eigenvalue weighted by atomic mass is 16.4. The van der Waals surface area contributed by atoms with Crippen molar-refractivity contribution in [3.8, 4) is 0 Å². The van der Waals surface area contributed by atoms with Crippen molar-refractivity contribution < 1.29 is 14.7 Å². The predicted molar refractivity (Wildman–Crippen MR) is 78.4 cm³/mol. The molecule has 0 aliphatic carbocycles. The Bertz CT molecular complexity index is 361. The lowest BCUT2D eigenvalue weighted by molar-refractivity contribution is -0.139. The molecule has 0 aromatic rings. The van der Waals surface area contributed by atoms with Crippen LogP contribution in [0.5, 0.6) is 0 Å². The third-order valence-electron chi connectivity index (χ3n) is 3.88. The summed E-state index contributed by atoms with van der Waals surface area (Å²) in [5, 5.41) is 12.0. The zero-order valence-electron chi connectivity index (χ0n) is 13.3. The van der Waals surface area contributed by atoms with Crippen LogP contribution in [-0.2, 0) is 9.59 Å². The van der Waals surface area contributed by atoms with Crippen molar-refractivity contribution in [1.82, 2.24) is 10.2 Å². The fraction of sp³-hybridized carbons (Fsp3) is 0.867. The first-order valence-electron chi connectivity index (χ1n) is 7.34. The molecule has 1 aliphatic rings.